The summed E-state index contributed by atoms with van der Waals surface area (Å²) in [6.45, 7) is 0.820. The van der Waals surface area contributed by atoms with E-state index >= 15 is 0 Å². The lowest BCUT2D eigenvalue weighted by atomic mass is 10.2. The summed E-state index contributed by atoms with van der Waals surface area (Å²) in [6.07, 6.45) is 5.74. The van der Waals surface area contributed by atoms with E-state index in [2.05, 4.69) is 33.9 Å². The molecular formula is C14H13N3. The Morgan fingerprint density at radius 1 is 1.12 bits per heavy atom. The van der Waals surface area contributed by atoms with E-state index in [-0.39, 0.29) is 0 Å². The van der Waals surface area contributed by atoms with Gasteiger partial charge in [-0.05, 0) is 29.8 Å². The van der Waals surface area contributed by atoms with E-state index in [1.165, 1.54) is 5.56 Å². The normalized spacial score (nSPS) is 10.8. The second-order valence-electron chi connectivity index (χ2n) is 4.08. The van der Waals surface area contributed by atoms with Crippen LogP contribution in [-0.4, -0.2) is 9.55 Å². The van der Waals surface area contributed by atoms with E-state index in [4.69, 9.17) is 5.73 Å². The summed E-state index contributed by atoms with van der Waals surface area (Å²) in [4.78, 5) is 4.12. The molecule has 0 fully saturated rings. The minimum absolute atomic E-state index is 0.820. The Hall–Kier alpha value is -2.29. The molecule has 3 heteroatoms. The van der Waals surface area contributed by atoms with Crippen molar-refractivity contribution in [3.05, 3.63) is 60.6 Å². The summed E-state index contributed by atoms with van der Waals surface area (Å²) < 4.78 is 2.18. The molecule has 0 aliphatic heterocycles. The Bertz CT molecular complexity index is 641. The van der Waals surface area contributed by atoms with Crippen molar-refractivity contribution in [2.24, 2.45) is 0 Å². The minimum Gasteiger partial charge on any atom is -0.398 e. The number of rotatable bonds is 2. The Labute approximate surface area is 99.5 Å². The number of hydrogen-bond acceptors (Lipinski definition) is 2. The van der Waals surface area contributed by atoms with Crippen LogP contribution in [-0.2, 0) is 6.54 Å². The molecule has 3 rings (SSSR count). The molecule has 3 nitrogen and oxygen atoms in total. The van der Waals surface area contributed by atoms with Crippen molar-refractivity contribution in [1.82, 2.24) is 9.55 Å². The van der Waals surface area contributed by atoms with E-state index in [0.29, 0.717) is 0 Å². The second-order valence-corrected chi connectivity index (χ2v) is 4.08. The molecule has 2 aromatic heterocycles. The van der Waals surface area contributed by atoms with Gasteiger partial charge in [0.2, 0.25) is 0 Å². The largest absolute Gasteiger partial charge is 0.398 e. The molecule has 2 heterocycles. The average Bonchev–Trinajstić information content (AvgIpc) is 2.76. The standard InChI is InChI=1S/C14H13N3/c15-13-4-1-5-14-12(13)6-8-17(14)10-11-3-2-7-16-9-11/h1-9H,10,15H2. The van der Waals surface area contributed by atoms with Gasteiger partial charge in [-0.3, -0.25) is 4.98 Å². The zero-order valence-corrected chi connectivity index (χ0v) is 9.38. The Morgan fingerprint density at radius 3 is 2.88 bits per heavy atom. The molecule has 0 saturated carbocycles. The van der Waals surface area contributed by atoms with Gasteiger partial charge in [0.1, 0.15) is 0 Å². The highest BCUT2D eigenvalue weighted by Crippen LogP contribution is 2.22. The summed E-state index contributed by atoms with van der Waals surface area (Å²) in [7, 11) is 0. The van der Waals surface area contributed by atoms with Gasteiger partial charge in [0.15, 0.2) is 0 Å². The van der Waals surface area contributed by atoms with Crippen LogP contribution in [0, 0.1) is 0 Å². The molecule has 0 unspecified atom stereocenters. The van der Waals surface area contributed by atoms with E-state index in [0.717, 1.165) is 23.1 Å². The van der Waals surface area contributed by atoms with Crippen molar-refractivity contribution < 1.29 is 0 Å². The van der Waals surface area contributed by atoms with Crippen LogP contribution in [0.2, 0.25) is 0 Å². The summed E-state index contributed by atoms with van der Waals surface area (Å²) in [5.74, 6) is 0. The fourth-order valence-corrected chi connectivity index (χ4v) is 2.07. The molecule has 0 aliphatic carbocycles. The number of anilines is 1. The van der Waals surface area contributed by atoms with Crippen LogP contribution < -0.4 is 5.73 Å². The maximum Gasteiger partial charge on any atom is 0.0504 e. The lowest BCUT2D eigenvalue weighted by Crippen LogP contribution is -1.98. The maximum absolute atomic E-state index is 5.94. The van der Waals surface area contributed by atoms with Gasteiger partial charge in [0.25, 0.3) is 0 Å². The summed E-state index contributed by atoms with van der Waals surface area (Å²) >= 11 is 0. The van der Waals surface area contributed by atoms with E-state index < -0.39 is 0 Å². The van der Waals surface area contributed by atoms with E-state index in [1.807, 2.05) is 24.4 Å². The lowest BCUT2D eigenvalue weighted by Gasteiger charge is -2.05. The van der Waals surface area contributed by atoms with Gasteiger partial charge < -0.3 is 10.3 Å². The number of hydrogen-bond donors (Lipinski definition) is 1. The van der Waals surface area contributed by atoms with Gasteiger partial charge in [-0.25, -0.2) is 0 Å². The molecule has 17 heavy (non-hydrogen) atoms. The molecule has 0 saturated heterocycles. The average molecular weight is 223 g/mol. The smallest absolute Gasteiger partial charge is 0.0504 e. The number of aromatic nitrogens is 2. The Morgan fingerprint density at radius 2 is 2.06 bits per heavy atom. The zero-order chi connectivity index (χ0) is 11.7. The van der Waals surface area contributed by atoms with Gasteiger partial charge in [0.05, 0.1) is 5.52 Å². The topological polar surface area (TPSA) is 43.8 Å². The van der Waals surface area contributed by atoms with Crippen LogP contribution >= 0.6 is 0 Å². The fourth-order valence-electron chi connectivity index (χ4n) is 2.07. The molecule has 84 valence electrons. The molecule has 3 aromatic rings. The van der Waals surface area contributed by atoms with Crippen LogP contribution in [0.5, 0.6) is 0 Å². The van der Waals surface area contributed by atoms with Crippen LogP contribution in [0.4, 0.5) is 5.69 Å². The number of nitrogens with two attached hydrogens (primary N) is 1. The molecular weight excluding hydrogens is 210 g/mol. The number of pyridine rings is 1. The van der Waals surface area contributed by atoms with Crippen LogP contribution in [0.25, 0.3) is 10.9 Å². The Balaban J connectivity index is 2.05. The third kappa shape index (κ3) is 1.76. The molecule has 1 aromatic carbocycles. The van der Waals surface area contributed by atoms with Crippen LogP contribution in [0.1, 0.15) is 5.56 Å². The first kappa shape index (κ1) is 9.90. The first-order valence-electron chi connectivity index (χ1n) is 5.57. The minimum atomic E-state index is 0.820. The number of benzene rings is 1. The lowest BCUT2D eigenvalue weighted by molar-refractivity contribution is 0.832. The number of nitrogens with zero attached hydrogens (tertiary/aromatic N) is 2. The quantitative estimate of drug-likeness (QED) is 0.679. The summed E-state index contributed by atoms with van der Waals surface area (Å²) in [6, 6.07) is 12.1. The predicted octanol–water partition coefficient (Wildman–Crippen LogP) is 2.67. The predicted molar refractivity (Wildman–Crippen MR) is 69.7 cm³/mol. The molecule has 0 spiro atoms. The van der Waals surface area contributed by atoms with E-state index in [1.54, 1.807) is 6.20 Å². The zero-order valence-electron chi connectivity index (χ0n) is 9.38. The van der Waals surface area contributed by atoms with Crippen molar-refractivity contribution in [1.29, 1.82) is 0 Å². The van der Waals surface area contributed by atoms with Crippen LogP contribution in [0.3, 0.4) is 0 Å². The molecule has 0 radical (unpaired) electrons. The van der Waals surface area contributed by atoms with E-state index in [9.17, 15) is 0 Å². The third-order valence-electron chi connectivity index (χ3n) is 2.92. The van der Waals surface area contributed by atoms with Crippen molar-refractivity contribution in [2.75, 3.05) is 5.73 Å². The highest BCUT2D eigenvalue weighted by Gasteiger charge is 2.03. The van der Waals surface area contributed by atoms with Crippen LogP contribution in [0.15, 0.2) is 55.0 Å². The van der Waals surface area contributed by atoms with Crippen molar-refractivity contribution in [2.45, 2.75) is 6.54 Å². The maximum atomic E-state index is 5.94. The van der Waals surface area contributed by atoms with Gasteiger partial charge >= 0.3 is 0 Å². The fraction of sp³-hybridized carbons (Fsp3) is 0.0714. The summed E-state index contributed by atoms with van der Waals surface area (Å²) in [5, 5.41) is 1.11. The Kier molecular flexibility index (Phi) is 2.29. The number of fused-ring (bicyclic) bond motifs is 1. The monoisotopic (exact) mass is 223 g/mol. The SMILES string of the molecule is Nc1cccc2c1ccn2Cc1cccnc1. The highest BCUT2D eigenvalue weighted by molar-refractivity contribution is 5.91. The first-order valence-corrected chi connectivity index (χ1v) is 5.57. The first-order chi connectivity index (χ1) is 8.34. The molecule has 0 aliphatic rings. The second kappa shape index (κ2) is 3.94. The highest BCUT2D eigenvalue weighted by atomic mass is 15.0. The van der Waals surface area contributed by atoms with Gasteiger partial charge in [-0.15, -0.1) is 0 Å². The third-order valence-corrected chi connectivity index (χ3v) is 2.92. The van der Waals surface area contributed by atoms with Crippen molar-refractivity contribution in [3.63, 3.8) is 0 Å². The van der Waals surface area contributed by atoms with Gasteiger partial charge in [-0.1, -0.05) is 12.1 Å². The molecule has 2 N–H and O–H groups in total. The van der Waals surface area contributed by atoms with Gasteiger partial charge in [0, 0.05) is 36.2 Å². The van der Waals surface area contributed by atoms with Gasteiger partial charge in [-0.2, -0.15) is 0 Å². The van der Waals surface area contributed by atoms with Crippen molar-refractivity contribution in [3.8, 4) is 0 Å². The molecule has 0 amide bonds. The molecule has 0 bridgehead atoms. The molecule has 0 atom stereocenters. The van der Waals surface area contributed by atoms with Crippen molar-refractivity contribution >= 4 is 16.6 Å². The summed E-state index contributed by atoms with van der Waals surface area (Å²) in [5.41, 5.74) is 9.11. The number of nitrogen functional groups attached to an aromatic ring is 1.